The monoisotopic (exact) mass is 206 g/mol. The molecular formula is C8H15ClN2O2. The summed E-state index contributed by atoms with van der Waals surface area (Å²) in [6.07, 6.45) is -0.268. The lowest BCUT2D eigenvalue weighted by Gasteiger charge is -2.33. The van der Waals surface area contributed by atoms with Crippen LogP contribution in [0.25, 0.3) is 0 Å². The minimum atomic E-state index is -0.611. The van der Waals surface area contributed by atoms with E-state index in [0.29, 0.717) is 6.54 Å². The fraction of sp³-hybridized carbons (Fsp3) is 0.875. The number of hydrogen-bond donors (Lipinski definition) is 2. The summed E-state index contributed by atoms with van der Waals surface area (Å²) in [7, 11) is 0. The largest absolute Gasteiger partial charge is 0.369 e. The average Bonchev–Trinajstić information content (AvgIpc) is 1.96. The van der Waals surface area contributed by atoms with Crippen LogP contribution in [0, 0.1) is 0 Å². The van der Waals surface area contributed by atoms with Gasteiger partial charge in [-0.2, -0.15) is 0 Å². The molecule has 5 heteroatoms. The van der Waals surface area contributed by atoms with Crippen molar-refractivity contribution in [3.05, 3.63) is 0 Å². The van der Waals surface area contributed by atoms with E-state index in [9.17, 15) is 4.79 Å². The smallest absolute Gasteiger partial charge is 0.254 e. The van der Waals surface area contributed by atoms with Gasteiger partial charge in [0.1, 0.15) is 5.38 Å². The summed E-state index contributed by atoms with van der Waals surface area (Å²) >= 11 is 5.86. The molecule has 2 unspecified atom stereocenters. The Kier molecular flexibility index (Phi) is 3.16. The number of hydrazine groups is 1. The van der Waals surface area contributed by atoms with E-state index in [-0.39, 0.29) is 17.6 Å². The number of hydrogen-bond acceptors (Lipinski definition) is 3. The van der Waals surface area contributed by atoms with Gasteiger partial charge in [0.25, 0.3) is 5.91 Å². The van der Waals surface area contributed by atoms with Gasteiger partial charge >= 0.3 is 0 Å². The molecule has 0 aliphatic carbocycles. The van der Waals surface area contributed by atoms with Crippen LogP contribution in [0.2, 0.25) is 0 Å². The summed E-state index contributed by atoms with van der Waals surface area (Å²) in [6.45, 7) is 6.34. The average molecular weight is 207 g/mol. The van der Waals surface area contributed by atoms with Crippen molar-refractivity contribution in [2.24, 2.45) is 0 Å². The van der Waals surface area contributed by atoms with Crippen molar-refractivity contribution in [1.82, 2.24) is 10.9 Å². The molecule has 0 bridgehead atoms. The summed E-state index contributed by atoms with van der Waals surface area (Å²) in [5.41, 5.74) is 4.89. The molecule has 76 valence electrons. The molecule has 1 amide bonds. The van der Waals surface area contributed by atoms with E-state index in [1.165, 1.54) is 0 Å². The fourth-order valence-corrected chi connectivity index (χ4v) is 1.33. The highest BCUT2D eigenvalue weighted by molar-refractivity contribution is 6.31. The zero-order chi connectivity index (χ0) is 10.1. The highest BCUT2D eigenvalue weighted by Gasteiger charge is 2.33. The number of alkyl halides is 1. The highest BCUT2D eigenvalue weighted by Crippen LogP contribution is 2.17. The number of nitrogens with one attached hydrogen (secondary N) is 2. The van der Waals surface area contributed by atoms with Gasteiger partial charge in [-0.15, -0.1) is 11.6 Å². The van der Waals surface area contributed by atoms with E-state index in [4.69, 9.17) is 16.3 Å². The molecule has 0 aromatic rings. The molecule has 2 atom stereocenters. The Balaban J connectivity index is 2.54. The Bertz CT molecular complexity index is 203. The maximum absolute atomic E-state index is 11.1. The van der Waals surface area contributed by atoms with Crippen LogP contribution in [-0.4, -0.2) is 29.5 Å². The van der Waals surface area contributed by atoms with Crippen LogP contribution in [0.3, 0.4) is 0 Å². The minimum Gasteiger partial charge on any atom is -0.369 e. The van der Waals surface area contributed by atoms with Crippen LogP contribution in [0.5, 0.6) is 0 Å². The number of halogens is 1. The van der Waals surface area contributed by atoms with Crippen LogP contribution >= 0.6 is 11.6 Å². The topological polar surface area (TPSA) is 50.4 Å². The maximum atomic E-state index is 11.1. The number of amides is 1. The van der Waals surface area contributed by atoms with E-state index in [0.717, 1.165) is 0 Å². The Morgan fingerprint density at radius 2 is 2.15 bits per heavy atom. The zero-order valence-corrected chi connectivity index (χ0v) is 8.81. The molecule has 1 saturated heterocycles. The Morgan fingerprint density at radius 1 is 1.54 bits per heavy atom. The van der Waals surface area contributed by atoms with Gasteiger partial charge in [-0.3, -0.25) is 10.2 Å². The fourth-order valence-electron chi connectivity index (χ4n) is 1.14. The molecule has 0 spiro atoms. The molecule has 0 radical (unpaired) electrons. The normalized spacial score (nSPS) is 30.0. The summed E-state index contributed by atoms with van der Waals surface area (Å²) < 4.78 is 5.61. The van der Waals surface area contributed by atoms with Gasteiger partial charge in [-0.1, -0.05) is 0 Å². The number of rotatable bonds is 1. The summed E-state index contributed by atoms with van der Waals surface area (Å²) in [6, 6.07) is 0. The number of carbonyl (C=O) groups is 1. The van der Waals surface area contributed by atoms with Crippen molar-refractivity contribution < 1.29 is 9.53 Å². The summed E-state index contributed by atoms with van der Waals surface area (Å²) in [4.78, 5) is 11.1. The van der Waals surface area contributed by atoms with Crippen molar-refractivity contribution in [3.8, 4) is 0 Å². The van der Waals surface area contributed by atoms with Crippen LogP contribution in [0.1, 0.15) is 20.8 Å². The van der Waals surface area contributed by atoms with Crippen molar-refractivity contribution in [2.75, 3.05) is 6.54 Å². The molecular weight excluding hydrogens is 192 g/mol. The molecule has 1 heterocycles. The van der Waals surface area contributed by atoms with Crippen molar-refractivity contribution >= 4 is 17.5 Å². The Labute approximate surface area is 82.9 Å². The van der Waals surface area contributed by atoms with Crippen molar-refractivity contribution in [3.63, 3.8) is 0 Å². The third-order valence-corrected chi connectivity index (χ3v) is 2.08. The SMILES string of the molecule is CC(C)(C)OC1CNNC(=O)C1Cl. The molecule has 4 nitrogen and oxygen atoms in total. The lowest BCUT2D eigenvalue weighted by atomic mass is 10.1. The van der Waals surface area contributed by atoms with E-state index < -0.39 is 5.38 Å². The molecule has 2 N–H and O–H groups in total. The summed E-state index contributed by atoms with van der Waals surface area (Å²) in [5.74, 6) is -0.234. The third-order valence-electron chi connectivity index (χ3n) is 1.60. The highest BCUT2D eigenvalue weighted by atomic mass is 35.5. The standard InChI is InChI=1S/C8H15ClN2O2/c1-8(2,3)13-5-4-10-11-7(12)6(5)9/h5-6,10H,4H2,1-3H3,(H,11,12). The Hall–Kier alpha value is -0.320. The van der Waals surface area contributed by atoms with Gasteiger partial charge in [0.15, 0.2) is 0 Å². The molecule has 13 heavy (non-hydrogen) atoms. The molecule has 1 aliphatic heterocycles. The van der Waals surface area contributed by atoms with Gasteiger partial charge in [-0.05, 0) is 20.8 Å². The number of carbonyl (C=O) groups excluding carboxylic acids is 1. The molecule has 1 fully saturated rings. The summed E-state index contributed by atoms with van der Waals surface area (Å²) in [5, 5.41) is -0.611. The van der Waals surface area contributed by atoms with Crippen LogP contribution < -0.4 is 10.9 Å². The first-order chi connectivity index (χ1) is 5.90. The van der Waals surface area contributed by atoms with E-state index in [1.807, 2.05) is 20.8 Å². The van der Waals surface area contributed by atoms with Gasteiger partial charge in [0, 0.05) is 6.54 Å². The lowest BCUT2D eigenvalue weighted by Crippen LogP contribution is -2.58. The first-order valence-corrected chi connectivity index (χ1v) is 4.68. The van der Waals surface area contributed by atoms with Crippen LogP contribution in [-0.2, 0) is 9.53 Å². The predicted molar refractivity (Wildman–Crippen MR) is 50.4 cm³/mol. The Morgan fingerprint density at radius 3 is 2.69 bits per heavy atom. The number of ether oxygens (including phenoxy) is 1. The quantitative estimate of drug-likeness (QED) is 0.612. The van der Waals surface area contributed by atoms with E-state index >= 15 is 0 Å². The first kappa shape index (κ1) is 10.8. The first-order valence-electron chi connectivity index (χ1n) is 4.25. The maximum Gasteiger partial charge on any atom is 0.254 e. The molecule has 1 rings (SSSR count). The zero-order valence-electron chi connectivity index (χ0n) is 8.06. The van der Waals surface area contributed by atoms with E-state index in [1.54, 1.807) is 0 Å². The molecule has 0 aromatic carbocycles. The van der Waals surface area contributed by atoms with Gasteiger partial charge in [0.05, 0.1) is 11.7 Å². The third kappa shape index (κ3) is 3.14. The predicted octanol–water partition coefficient (Wildman–Crippen LogP) is 0.412. The van der Waals surface area contributed by atoms with Gasteiger partial charge in [-0.25, -0.2) is 5.43 Å². The molecule has 0 saturated carbocycles. The molecule has 0 aromatic heterocycles. The van der Waals surface area contributed by atoms with Crippen molar-refractivity contribution in [2.45, 2.75) is 37.9 Å². The van der Waals surface area contributed by atoms with Crippen molar-refractivity contribution in [1.29, 1.82) is 0 Å². The second kappa shape index (κ2) is 3.82. The second-order valence-electron chi connectivity index (χ2n) is 4.04. The van der Waals surface area contributed by atoms with Crippen LogP contribution in [0.4, 0.5) is 0 Å². The molecule has 1 aliphatic rings. The van der Waals surface area contributed by atoms with Crippen LogP contribution in [0.15, 0.2) is 0 Å². The minimum absolute atomic E-state index is 0.234. The second-order valence-corrected chi connectivity index (χ2v) is 4.51. The van der Waals surface area contributed by atoms with Gasteiger partial charge < -0.3 is 4.74 Å². The lowest BCUT2D eigenvalue weighted by molar-refractivity contribution is -0.132. The van der Waals surface area contributed by atoms with E-state index in [2.05, 4.69) is 10.9 Å². The van der Waals surface area contributed by atoms with Gasteiger partial charge in [0.2, 0.25) is 0 Å².